The van der Waals surface area contributed by atoms with E-state index in [-0.39, 0.29) is 22.4 Å². The van der Waals surface area contributed by atoms with Gasteiger partial charge in [0.1, 0.15) is 10.7 Å². The van der Waals surface area contributed by atoms with Crippen molar-refractivity contribution in [2.24, 2.45) is 0 Å². The highest BCUT2D eigenvalue weighted by Gasteiger charge is 2.34. The molecule has 1 aromatic carbocycles. The van der Waals surface area contributed by atoms with Crippen LogP contribution in [0, 0.1) is 5.82 Å². The van der Waals surface area contributed by atoms with E-state index < -0.39 is 15.8 Å². The maximum Gasteiger partial charge on any atom is 0.244 e. The van der Waals surface area contributed by atoms with Gasteiger partial charge in [0.05, 0.1) is 11.2 Å². The summed E-state index contributed by atoms with van der Waals surface area (Å²) in [5, 5.41) is 6.84. The predicted molar refractivity (Wildman–Crippen MR) is 76.0 cm³/mol. The molecule has 1 unspecified atom stereocenters. The smallest absolute Gasteiger partial charge is 0.244 e. The molecule has 8 heteroatoms. The summed E-state index contributed by atoms with van der Waals surface area (Å²) in [6.07, 6.45) is 1.61. The average Bonchev–Trinajstić information content (AvgIpc) is 2.90. The van der Waals surface area contributed by atoms with Gasteiger partial charge in [-0.15, -0.1) is 0 Å². The second kappa shape index (κ2) is 5.08. The van der Waals surface area contributed by atoms with E-state index in [0.717, 1.165) is 23.4 Å². The lowest BCUT2D eigenvalue weighted by molar-refractivity contribution is 0.361. The molecule has 0 saturated carbocycles. The Hall–Kier alpha value is -1.44. The van der Waals surface area contributed by atoms with E-state index in [1.165, 1.54) is 10.4 Å². The van der Waals surface area contributed by atoms with Crippen LogP contribution in [0.2, 0.25) is 5.02 Å². The van der Waals surface area contributed by atoms with Gasteiger partial charge in [-0.1, -0.05) is 18.5 Å². The number of fused-ring (bicyclic) bond motifs is 1. The number of hydrogen-bond donors (Lipinski definition) is 1. The standard InChI is InChI=1S/C13H13ClFN3O2S/c1-8-6-18(7-9-5-16-17-13(8)9)21(19,20)12-4-10(15)2-3-11(12)14/h2-5,8H,6-7H2,1H3,(H,16,17). The Kier molecular flexibility index (Phi) is 3.51. The Bertz CT molecular complexity index is 790. The molecule has 5 nitrogen and oxygen atoms in total. The first kappa shape index (κ1) is 14.5. The van der Waals surface area contributed by atoms with Crippen LogP contribution in [0.25, 0.3) is 0 Å². The van der Waals surface area contributed by atoms with Crippen LogP contribution in [0.4, 0.5) is 4.39 Å². The molecule has 0 aliphatic carbocycles. The largest absolute Gasteiger partial charge is 0.282 e. The second-order valence-corrected chi connectivity index (χ2v) is 7.40. The zero-order valence-corrected chi connectivity index (χ0v) is 12.7. The molecule has 112 valence electrons. The summed E-state index contributed by atoms with van der Waals surface area (Å²) in [6, 6.07) is 3.34. The van der Waals surface area contributed by atoms with Gasteiger partial charge < -0.3 is 0 Å². The van der Waals surface area contributed by atoms with Gasteiger partial charge in [0.2, 0.25) is 10.0 Å². The van der Waals surface area contributed by atoms with Crippen LogP contribution in [0.3, 0.4) is 0 Å². The molecule has 1 N–H and O–H groups in total. The topological polar surface area (TPSA) is 66.1 Å². The molecule has 21 heavy (non-hydrogen) atoms. The number of rotatable bonds is 2. The highest BCUT2D eigenvalue weighted by atomic mass is 35.5. The first-order valence-corrected chi connectivity index (χ1v) is 8.18. The Morgan fingerprint density at radius 3 is 3.00 bits per heavy atom. The summed E-state index contributed by atoms with van der Waals surface area (Å²) in [6.45, 7) is 2.40. The Morgan fingerprint density at radius 2 is 2.24 bits per heavy atom. The van der Waals surface area contributed by atoms with Gasteiger partial charge >= 0.3 is 0 Å². The molecular weight excluding hydrogens is 317 g/mol. The third-order valence-electron chi connectivity index (χ3n) is 3.58. The minimum absolute atomic E-state index is 0.0154. The normalized spacial score (nSPS) is 19.5. The van der Waals surface area contributed by atoms with E-state index in [1.807, 2.05) is 6.92 Å². The molecule has 0 spiro atoms. The van der Waals surface area contributed by atoms with Gasteiger partial charge in [0.25, 0.3) is 0 Å². The molecular formula is C13H13ClFN3O2S. The van der Waals surface area contributed by atoms with Crippen molar-refractivity contribution in [3.05, 3.63) is 46.5 Å². The van der Waals surface area contributed by atoms with Crippen molar-refractivity contribution >= 4 is 21.6 Å². The van der Waals surface area contributed by atoms with E-state index >= 15 is 0 Å². The molecule has 1 aliphatic heterocycles. The SMILES string of the molecule is CC1CN(S(=O)(=O)c2cc(F)ccc2Cl)Cc2cn[nH]c21. The zero-order chi connectivity index (χ0) is 15.2. The van der Waals surface area contributed by atoms with Gasteiger partial charge in [-0.05, 0) is 18.2 Å². The fourth-order valence-electron chi connectivity index (χ4n) is 2.52. The lowest BCUT2D eigenvalue weighted by Crippen LogP contribution is -2.37. The van der Waals surface area contributed by atoms with E-state index in [9.17, 15) is 12.8 Å². The molecule has 0 fully saturated rings. The van der Waals surface area contributed by atoms with Crippen LogP contribution in [-0.4, -0.2) is 29.5 Å². The van der Waals surface area contributed by atoms with Gasteiger partial charge in [-0.25, -0.2) is 12.8 Å². The van der Waals surface area contributed by atoms with Gasteiger partial charge in [0, 0.05) is 30.3 Å². The molecule has 2 heterocycles. The number of aromatic nitrogens is 2. The van der Waals surface area contributed by atoms with Crippen molar-refractivity contribution < 1.29 is 12.8 Å². The summed E-state index contributed by atoms with van der Waals surface area (Å²) >= 11 is 5.92. The van der Waals surface area contributed by atoms with Crippen molar-refractivity contribution in [1.82, 2.24) is 14.5 Å². The molecule has 2 aromatic rings. The zero-order valence-electron chi connectivity index (χ0n) is 11.2. The van der Waals surface area contributed by atoms with Gasteiger partial charge in [-0.2, -0.15) is 9.40 Å². The van der Waals surface area contributed by atoms with Crippen LogP contribution in [0.5, 0.6) is 0 Å². The fourth-order valence-corrected chi connectivity index (χ4v) is 4.52. The lowest BCUT2D eigenvalue weighted by atomic mass is 10.0. The molecule has 1 aliphatic rings. The van der Waals surface area contributed by atoms with E-state index in [0.29, 0.717) is 6.54 Å². The lowest BCUT2D eigenvalue weighted by Gasteiger charge is -2.30. The van der Waals surface area contributed by atoms with Crippen LogP contribution in [0.15, 0.2) is 29.3 Å². The van der Waals surface area contributed by atoms with E-state index in [4.69, 9.17) is 11.6 Å². The number of sulfonamides is 1. The third kappa shape index (κ3) is 2.45. The van der Waals surface area contributed by atoms with Crippen molar-refractivity contribution in [3.8, 4) is 0 Å². The monoisotopic (exact) mass is 329 g/mol. The first-order valence-electron chi connectivity index (χ1n) is 6.37. The number of halogens is 2. The van der Waals surface area contributed by atoms with Crippen LogP contribution in [0.1, 0.15) is 24.1 Å². The average molecular weight is 330 g/mol. The van der Waals surface area contributed by atoms with Crippen LogP contribution >= 0.6 is 11.6 Å². The summed E-state index contributed by atoms with van der Waals surface area (Å²) in [7, 11) is -3.85. The number of nitrogens with zero attached hydrogens (tertiary/aromatic N) is 2. The number of H-pyrrole nitrogens is 1. The Morgan fingerprint density at radius 1 is 1.48 bits per heavy atom. The molecule has 3 rings (SSSR count). The van der Waals surface area contributed by atoms with Crippen molar-refractivity contribution in [2.45, 2.75) is 24.3 Å². The maximum atomic E-state index is 13.4. The predicted octanol–water partition coefficient (Wildman–Crippen LogP) is 2.51. The molecule has 0 saturated heterocycles. The van der Waals surface area contributed by atoms with Crippen LogP contribution in [-0.2, 0) is 16.6 Å². The van der Waals surface area contributed by atoms with Gasteiger partial charge in [-0.3, -0.25) is 5.10 Å². The third-order valence-corrected chi connectivity index (χ3v) is 5.87. The van der Waals surface area contributed by atoms with E-state index in [1.54, 1.807) is 6.20 Å². The van der Waals surface area contributed by atoms with Gasteiger partial charge in [0.15, 0.2) is 0 Å². The number of aromatic amines is 1. The van der Waals surface area contributed by atoms with Crippen molar-refractivity contribution in [3.63, 3.8) is 0 Å². The molecule has 0 amide bonds. The molecule has 0 radical (unpaired) electrons. The summed E-state index contributed by atoms with van der Waals surface area (Å²) in [5.41, 5.74) is 1.76. The highest BCUT2D eigenvalue weighted by Crippen LogP contribution is 2.32. The van der Waals surface area contributed by atoms with Crippen molar-refractivity contribution in [1.29, 1.82) is 0 Å². The van der Waals surface area contributed by atoms with Crippen LogP contribution < -0.4 is 0 Å². The first-order chi connectivity index (χ1) is 9.89. The maximum absolute atomic E-state index is 13.4. The van der Waals surface area contributed by atoms with E-state index in [2.05, 4.69) is 10.2 Å². The summed E-state index contributed by atoms with van der Waals surface area (Å²) < 4.78 is 40.0. The summed E-state index contributed by atoms with van der Waals surface area (Å²) in [4.78, 5) is -0.205. The minimum atomic E-state index is -3.85. The molecule has 1 atom stereocenters. The molecule has 1 aromatic heterocycles. The minimum Gasteiger partial charge on any atom is -0.282 e. The summed E-state index contributed by atoms with van der Waals surface area (Å²) in [5.74, 6) is -0.648. The number of benzene rings is 1. The second-order valence-electron chi connectivity index (χ2n) is 5.08. The van der Waals surface area contributed by atoms with Crippen molar-refractivity contribution in [2.75, 3.05) is 6.54 Å². The Balaban J connectivity index is 2.02. The number of nitrogens with one attached hydrogen (secondary N) is 1. The quantitative estimate of drug-likeness (QED) is 0.920. The fraction of sp³-hybridized carbons (Fsp3) is 0.308. The number of hydrogen-bond acceptors (Lipinski definition) is 3. The highest BCUT2D eigenvalue weighted by molar-refractivity contribution is 7.89. The molecule has 0 bridgehead atoms. The Labute approximate surface area is 126 Å².